The highest BCUT2D eigenvalue weighted by Gasteiger charge is 2.47. The van der Waals surface area contributed by atoms with Crippen molar-refractivity contribution in [3.63, 3.8) is 0 Å². The summed E-state index contributed by atoms with van der Waals surface area (Å²) in [5.41, 5.74) is 12.4. The van der Waals surface area contributed by atoms with Crippen molar-refractivity contribution in [3.8, 4) is 67.9 Å². The van der Waals surface area contributed by atoms with Gasteiger partial charge in [-0.1, -0.05) is 176 Å². The Morgan fingerprint density at radius 3 is 1.76 bits per heavy atom. The lowest BCUT2D eigenvalue weighted by Crippen LogP contribution is -2.28. The van der Waals surface area contributed by atoms with E-state index in [1.165, 1.54) is 33.2 Å². The van der Waals surface area contributed by atoms with Crippen LogP contribution in [0.3, 0.4) is 0 Å². The van der Waals surface area contributed by atoms with Crippen molar-refractivity contribution in [3.05, 3.63) is 229 Å². The molecular weight excluding hydrogens is 721 g/mol. The fourth-order valence-corrected chi connectivity index (χ4v) is 9.45. The molecule has 0 saturated carbocycles. The number of rotatable bonds is 5. The maximum Gasteiger partial charge on any atom is 0.170 e. The van der Waals surface area contributed by atoms with Crippen LogP contribution in [0, 0.1) is 0 Å². The van der Waals surface area contributed by atoms with Gasteiger partial charge in [-0.2, -0.15) is 0 Å². The SMILES string of the molecule is c1ccc(C2(c3ccccc3)c3ccccc3-c3cc4c(cc32)Oc2ccc(-c3ccccc3-c3nc(-c5cccc6ccccc56)c5ccccc5n3)cc2O4)cc1. The van der Waals surface area contributed by atoms with E-state index in [2.05, 4.69) is 188 Å². The Morgan fingerprint density at radius 2 is 0.949 bits per heavy atom. The second kappa shape index (κ2) is 13.1. The Hall–Kier alpha value is -7.82. The number of hydrogen-bond donors (Lipinski definition) is 0. The average molecular weight is 755 g/mol. The predicted molar refractivity (Wildman–Crippen MR) is 237 cm³/mol. The quantitative estimate of drug-likeness (QED) is 0.175. The molecule has 0 unspecified atom stereocenters. The fraction of sp³-hybridized carbons (Fsp3) is 0.0182. The molecule has 0 fully saturated rings. The van der Waals surface area contributed by atoms with Crippen molar-refractivity contribution in [2.75, 3.05) is 0 Å². The number of hydrogen-bond acceptors (Lipinski definition) is 4. The van der Waals surface area contributed by atoms with Crippen LogP contribution in [-0.2, 0) is 5.41 Å². The molecule has 10 aromatic rings. The molecule has 0 saturated heterocycles. The van der Waals surface area contributed by atoms with E-state index in [9.17, 15) is 0 Å². The Morgan fingerprint density at radius 1 is 0.356 bits per heavy atom. The molecule has 0 spiro atoms. The summed E-state index contributed by atoms with van der Waals surface area (Å²) in [7, 11) is 0. The molecule has 0 bridgehead atoms. The number of para-hydroxylation sites is 1. The molecule has 12 rings (SSSR count). The van der Waals surface area contributed by atoms with Gasteiger partial charge in [0.1, 0.15) is 0 Å². The molecule has 1 aliphatic heterocycles. The Labute approximate surface area is 341 Å². The second-order valence-electron chi connectivity index (χ2n) is 15.2. The molecule has 276 valence electrons. The van der Waals surface area contributed by atoms with Crippen LogP contribution < -0.4 is 9.47 Å². The molecule has 4 heteroatoms. The maximum absolute atomic E-state index is 6.82. The van der Waals surface area contributed by atoms with Gasteiger partial charge in [-0.3, -0.25) is 0 Å². The molecule has 0 radical (unpaired) electrons. The number of benzene rings is 9. The third-order valence-corrected chi connectivity index (χ3v) is 12.0. The van der Waals surface area contributed by atoms with Crippen molar-refractivity contribution in [2.45, 2.75) is 5.41 Å². The van der Waals surface area contributed by atoms with Crippen LogP contribution in [0.15, 0.2) is 206 Å². The summed E-state index contributed by atoms with van der Waals surface area (Å²) >= 11 is 0. The second-order valence-corrected chi connectivity index (χ2v) is 15.2. The summed E-state index contributed by atoms with van der Waals surface area (Å²) in [5.74, 6) is 3.37. The van der Waals surface area contributed by atoms with Gasteiger partial charge in [0.15, 0.2) is 28.8 Å². The van der Waals surface area contributed by atoms with Gasteiger partial charge in [-0.25, -0.2) is 9.97 Å². The summed E-state index contributed by atoms with van der Waals surface area (Å²) < 4.78 is 13.6. The smallest absolute Gasteiger partial charge is 0.170 e. The molecule has 0 atom stereocenters. The van der Waals surface area contributed by atoms with Crippen molar-refractivity contribution in [1.82, 2.24) is 9.97 Å². The van der Waals surface area contributed by atoms with Crippen LogP contribution in [0.2, 0.25) is 0 Å². The van der Waals surface area contributed by atoms with E-state index in [0.29, 0.717) is 28.8 Å². The molecule has 1 aromatic heterocycles. The first-order valence-corrected chi connectivity index (χ1v) is 20.0. The minimum atomic E-state index is -0.529. The molecule has 0 N–H and O–H groups in total. The predicted octanol–water partition coefficient (Wildman–Crippen LogP) is 14.0. The third-order valence-electron chi connectivity index (χ3n) is 12.0. The first kappa shape index (κ1) is 33.3. The lowest BCUT2D eigenvalue weighted by molar-refractivity contribution is 0.359. The van der Waals surface area contributed by atoms with Crippen LogP contribution in [-0.4, -0.2) is 9.97 Å². The number of aromatic nitrogens is 2. The summed E-state index contributed by atoms with van der Waals surface area (Å²) in [6, 6.07) is 72.4. The molecule has 0 amide bonds. The summed E-state index contributed by atoms with van der Waals surface area (Å²) in [6.07, 6.45) is 0. The molecule has 1 aliphatic carbocycles. The van der Waals surface area contributed by atoms with Crippen LogP contribution in [0.5, 0.6) is 23.0 Å². The zero-order valence-corrected chi connectivity index (χ0v) is 31.8. The highest BCUT2D eigenvalue weighted by atomic mass is 16.6. The lowest BCUT2D eigenvalue weighted by atomic mass is 9.67. The zero-order valence-electron chi connectivity index (χ0n) is 31.8. The van der Waals surface area contributed by atoms with E-state index < -0.39 is 5.41 Å². The molecule has 4 nitrogen and oxygen atoms in total. The number of ether oxygens (including phenoxy) is 2. The van der Waals surface area contributed by atoms with Crippen molar-refractivity contribution < 1.29 is 9.47 Å². The third kappa shape index (κ3) is 5.10. The van der Waals surface area contributed by atoms with Gasteiger partial charge in [-0.15, -0.1) is 0 Å². The Balaban J connectivity index is 0.973. The molecule has 59 heavy (non-hydrogen) atoms. The Bertz CT molecular complexity index is 3240. The number of nitrogens with zero attached hydrogens (tertiary/aromatic N) is 2. The molecule has 2 heterocycles. The minimum Gasteiger partial charge on any atom is -0.450 e. The first-order chi connectivity index (χ1) is 29.2. The van der Waals surface area contributed by atoms with Crippen molar-refractivity contribution in [2.24, 2.45) is 0 Å². The van der Waals surface area contributed by atoms with Gasteiger partial charge in [0.05, 0.1) is 16.6 Å². The van der Waals surface area contributed by atoms with Gasteiger partial charge in [0.25, 0.3) is 0 Å². The van der Waals surface area contributed by atoms with Gasteiger partial charge in [-0.05, 0) is 85.6 Å². The van der Waals surface area contributed by atoms with E-state index in [1.807, 2.05) is 18.2 Å². The monoisotopic (exact) mass is 754 g/mol. The Kier molecular flexibility index (Phi) is 7.41. The summed E-state index contributed by atoms with van der Waals surface area (Å²) in [6.45, 7) is 0. The average Bonchev–Trinajstić information content (AvgIpc) is 3.59. The van der Waals surface area contributed by atoms with Crippen molar-refractivity contribution >= 4 is 21.7 Å². The molecule has 9 aromatic carbocycles. The lowest BCUT2D eigenvalue weighted by Gasteiger charge is -2.34. The van der Waals surface area contributed by atoms with Gasteiger partial charge in [0, 0.05) is 16.5 Å². The molecular formula is C55H34N2O2. The van der Waals surface area contributed by atoms with E-state index in [0.717, 1.165) is 49.8 Å². The minimum absolute atomic E-state index is 0.529. The first-order valence-electron chi connectivity index (χ1n) is 20.0. The largest absolute Gasteiger partial charge is 0.450 e. The van der Waals surface area contributed by atoms with E-state index in [-0.39, 0.29) is 0 Å². The summed E-state index contributed by atoms with van der Waals surface area (Å²) in [4.78, 5) is 10.5. The maximum atomic E-state index is 6.82. The van der Waals surface area contributed by atoms with Crippen LogP contribution in [0.1, 0.15) is 22.3 Å². The summed E-state index contributed by atoms with van der Waals surface area (Å²) in [5, 5.41) is 3.35. The fourth-order valence-electron chi connectivity index (χ4n) is 9.45. The van der Waals surface area contributed by atoms with Gasteiger partial charge < -0.3 is 9.47 Å². The van der Waals surface area contributed by atoms with E-state index in [4.69, 9.17) is 19.4 Å². The van der Waals surface area contributed by atoms with Crippen LogP contribution in [0.4, 0.5) is 0 Å². The van der Waals surface area contributed by atoms with Crippen LogP contribution in [0.25, 0.3) is 66.6 Å². The highest BCUT2D eigenvalue weighted by molar-refractivity contribution is 6.04. The van der Waals surface area contributed by atoms with E-state index >= 15 is 0 Å². The highest BCUT2D eigenvalue weighted by Crippen LogP contribution is 2.60. The normalized spacial score (nSPS) is 13.2. The zero-order chi connectivity index (χ0) is 38.9. The van der Waals surface area contributed by atoms with Gasteiger partial charge in [0.2, 0.25) is 0 Å². The molecule has 2 aliphatic rings. The number of fused-ring (bicyclic) bond motifs is 7. The van der Waals surface area contributed by atoms with Crippen molar-refractivity contribution in [1.29, 1.82) is 0 Å². The van der Waals surface area contributed by atoms with Gasteiger partial charge >= 0.3 is 0 Å². The topological polar surface area (TPSA) is 44.2 Å². The van der Waals surface area contributed by atoms with Crippen LogP contribution >= 0.6 is 0 Å². The standard InChI is InChI=1S/C55H34N2O2/c1-3-18-37(19-4-1)55(38-20-5-2-6-21-38)46-28-13-11-24-41(46)45-33-51-52(34-47(45)55)58-49-31-30-36(32-50(49)59-51)40-23-9-10-25-43(40)54-56-48-29-14-12-26-44(48)53(57-54)42-27-15-17-35-16-7-8-22-39(35)42/h1-34H. The van der Waals surface area contributed by atoms with E-state index in [1.54, 1.807) is 0 Å².